The van der Waals surface area contributed by atoms with Crippen molar-refractivity contribution in [2.45, 2.75) is 46.6 Å². The Labute approximate surface area is 125 Å². The lowest BCUT2D eigenvalue weighted by Crippen LogP contribution is -2.24. The summed E-state index contributed by atoms with van der Waals surface area (Å²) in [5.41, 5.74) is 6.70. The molecular formula is C16H23NO4. The van der Waals surface area contributed by atoms with Crippen molar-refractivity contribution in [1.29, 1.82) is 0 Å². The molecule has 0 spiro atoms. The van der Waals surface area contributed by atoms with Crippen LogP contribution in [0.4, 0.5) is 5.69 Å². The number of nitrogens with two attached hydrogens (primary N) is 1. The summed E-state index contributed by atoms with van der Waals surface area (Å²) in [5, 5.41) is 0. The van der Waals surface area contributed by atoms with Crippen LogP contribution in [0.2, 0.25) is 0 Å². The number of rotatable bonds is 4. The highest BCUT2D eigenvalue weighted by atomic mass is 16.6. The first kappa shape index (κ1) is 17.0. The molecule has 0 radical (unpaired) electrons. The Morgan fingerprint density at radius 3 is 2.29 bits per heavy atom. The number of carbonyl (C=O) groups excluding carboxylic acids is 2. The molecule has 5 nitrogen and oxygen atoms in total. The van der Waals surface area contributed by atoms with Crippen LogP contribution in [0.15, 0.2) is 12.1 Å². The van der Waals surface area contributed by atoms with Crippen LogP contribution in [0, 0.1) is 6.92 Å². The Hall–Kier alpha value is -2.04. The number of esters is 2. The van der Waals surface area contributed by atoms with Crippen LogP contribution >= 0.6 is 0 Å². The van der Waals surface area contributed by atoms with Gasteiger partial charge in [0.25, 0.3) is 0 Å². The fraction of sp³-hybridized carbons (Fsp3) is 0.500. The fourth-order valence-electron chi connectivity index (χ4n) is 1.73. The van der Waals surface area contributed by atoms with Gasteiger partial charge >= 0.3 is 11.9 Å². The topological polar surface area (TPSA) is 78.6 Å². The number of anilines is 1. The molecule has 21 heavy (non-hydrogen) atoms. The van der Waals surface area contributed by atoms with Gasteiger partial charge in [0.15, 0.2) is 0 Å². The number of carbonyl (C=O) groups is 2. The predicted molar refractivity (Wildman–Crippen MR) is 81.3 cm³/mol. The van der Waals surface area contributed by atoms with Crippen LogP contribution in [-0.2, 0) is 9.47 Å². The molecule has 0 atom stereocenters. The minimum absolute atomic E-state index is 0.190. The van der Waals surface area contributed by atoms with E-state index in [1.807, 2.05) is 6.92 Å². The number of nitrogen functional groups attached to an aromatic ring is 1. The largest absolute Gasteiger partial charge is 0.462 e. The van der Waals surface area contributed by atoms with Gasteiger partial charge in [0.05, 0.1) is 17.7 Å². The Morgan fingerprint density at radius 2 is 1.76 bits per heavy atom. The molecule has 0 unspecified atom stereocenters. The van der Waals surface area contributed by atoms with Crippen LogP contribution < -0.4 is 5.73 Å². The maximum Gasteiger partial charge on any atom is 0.340 e. The number of hydrogen-bond acceptors (Lipinski definition) is 5. The summed E-state index contributed by atoms with van der Waals surface area (Å²) in [6.07, 6.45) is 0.719. The molecule has 1 rings (SSSR count). The van der Waals surface area contributed by atoms with E-state index in [2.05, 4.69) is 0 Å². The second kappa shape index (κ2) is 6.61. The van der Waals surface area contributed by atoms with E-state index in [0.717, 1.165) is 6.42 Å². The van der Waals surface area contributed by atoms with Crippen molar-refractivity contribution in [2.24, 2.45) is 0 Å². The molecule has 0 aliphatic rings. The first-order valence-corrected chi connectivity index (χ1v) is 6.96. The molecule has 1 aromatic carbocycles. The molecule has 5 heteroatoms. The first-order chi connectivity index (χ1) is 9.65. The molecule has 0 aliphatic carbocycles. The Bertz CT molecular complexity index is 544. The monoisotopic (exact) mass is 293 g/mol. The van der Waals surface area contributed by atoms with E-state index < -0.39 is 17.5 Å². The van der Waals surface area contributed by atoms with Gasteiger partial charge in [0.2, 0.25) is 0 Å². The third kappa shape index (κ3) is 4.77. The van der Waals surface area contributed by atoms with Gasteiger partial charge < -0.3 is 15.2 Å². The Kier molecular flexibility index (Phi) is 5.35. The third-order valence-electron chi connectivity index (χ3n) is 2.67. The van der Waals surface area contributed by atoms with Gasteiger partial charge in [-0.1, -0.05) is 6.92 Å². The van der Waals surface area contributed by atoms with Crippen molar-refractivity contribution in [1.82, 2.24) is 0 Å². The van der Waals surface area contributed by atoms with Crippen molar-refractivity contribution in [3.8, 4) is 0 Å². The van der Waals surface area contributed by atoms with Crippen LogP contribution in [0.1, 0.15) is 60.4 Å². The quantitative estimate of drug-likeness (QED) is 0.681. The van der Waals surface area contributed by atoms with Gasteiger partial charge in [0, 0.05) is 5.69 Å². The van der Waals surface area contributed by atoms with Crippen molar-refractivity contribution in [3.05, 3.63) is 28.8 Å². The van der Waals surface area contributed by atoms with E-state index in [-0.39, 0.29) is 5.56 Å². The Balaban J connectivity index is 3.11. The molecule has 0 saturated carbocycles. The summed E-state index contributed by atoms with van der Waals surface area (Å²) in [7, 11) is 0. The Morgan fingerprint density at radius 1 is 1.14 bits per heavy atom. The summed E-state index contributed by atoms with van der Waals surface area (Å²) in [5.74, 6) is -1.01. The van der Waals surface area contributed by atoms with Crippen molar-refractivity contribution in [2.75, 3.05) is 12.3 Å². The molecular weight excluding hydrogens is 270 g/mol. The van der Waals surface area contributed by atoms with Crippen molar-refractivity contribution < 1.29 is 19.1 Å². The van der Waals surface area contributed by atoms with Crippen molar-refractivity contribution >= 4 is 17.6 Å². The minimum atomic E-state index is -0.603. The summed E-state index contributed by atoms with van der Waals surface area (Å²) in [6, 6.07) is 3.03. The summed E-state index contributed by atoms with van der Waals surface area (Å²) in [4.78, 5) is 24.1. The highest BCUT2D eigenvalue weighted by Gasteiger charge is 2.22. The van der Waals surface area contributed by atoms with Gasteiger partial charge in [-0.25, -0.2) is 9.59 Å². The molecule has 0 fully saturated rings. The molecule has 0 aromatic heterocycles. The van der Waals surface area contributed by atoms with Crippen LogP contribution in [-0.4, -0.2) is 24.1 Å². The third-order valence-corrected chi connectivity index (χ3v) is 2.67. The van der Waals surface area contributed by atoms with E-state index in [9.17, 15) is 9.59 Å². The molecule has 2 N–H and O–H groups in total. The van der Waals surface area contributed by atoms with Gasteiger partial charge in [-0.2, -0.15) is 0 Å². The van der Waals surface area contributed by atoms with Crippen LogP contribution in [0.3, 0.4) is 0 Å². The normalized spacial score (nSPS) is 11.1. The zero-order valence-corrected chi connectivity index (χ0v) is 13.3. The van der Waals surface area contributed by atoms with E-state index in [1.165, 1.54) is 6.07 Å². The van der Waals surface area contributed by atoms with Gasteiger partial charge in [-0.3, -0.25) is 0 Å². The average molecular weight is 293 g/mol. The molecule has 0 saturated heterocycles. The van der Waals surface area contributed by atoms with Gasteiger partial charge in [0.1, 0.15) is 5.60 Å². The zero-order valence-electron chi connectivity index (χ0n) is 13.3. The highest BCUT2D eigenvalue weighted by molar-refractivity contribution is 6.00. The van der Waals surface area contributed by atoms with Crippen molar-refractivity contribution in [3.63, 3.8) is 0 Å². The smallest absolute Gasteiger partial charge is 0.340 e. The van der Waals surface area contributed by atoms with Crippen LogP contribution in [0.5, 0.6) is 0 Å². The maximum atomic E-state index is 12.2. The molecule has 0 amide bonds. The molecule has 0 bridgehead atoms. The average Bonchev–Trinajstić information content (AvgIpc) is 2.33. The molecule has 0 aliphatic heterocycles. The minimum Gasteiger partial charge on any atom is -0.462 e. The number of ether oxygens (including phenoxy) is 2. The van der Waals surface area contributed by atoms with E-state index in [0.29, 0.717) is 23.4 Å². The first-order valence-electron chi connectivity index (χ1n) is 6.96. The second-order valence-electron chi connectivity index (χ2n) is 5.89. The lowest BCUT2D eigenvalue weighted by atomic mass is 10.0. The number of hydrogen-bond donors (Lipinski definition) is 1. The second-order valence-corrected chi connectivity index (χ2v) is 5.89. The zero-order chi connectivity index (χ0) is 16.2. The van der Waals surface area contributed by atoms with Crippen LogP contribution in [0.25, 0.3) is 0 Å². The SMILES string of the molecule is CCCOC(=O)c1cc(C(=O)OC(C)(C)C)c(C)cc1N. The highest BCUT2D eigenvalue weighted by Crippen LogP contribution is 2.22. The molecule has 1 aromatic rings. The molecule has 0 heterocycles. The lowest BCUT2D eigenvalue weighted by molar-refractivity contribution is 0.00688. The van der Waals surface area contributed by atoms with E-state index in [4.69, 9.17) is 15.2 Å². The number of benzene rings is 1. The van der Waals surface area contributed by atoms with Gasteiger partial charge in [-0.05, 0) is 51.8 Å². The van der Waals surface area contributed by atoms with E-state index >= 15 is 0 Å². The summed E-state index contributed by atoms with van der Waals surface area (Å²) < 4.78 is 10.4. The van der Waals surface area contributed by atoms with E-state index in [1.54, 1.807) is 33.8 Å². The lowest BCUT2D eigenvalue weighted by Gasteiger charge is -2.20. The standard InChI is InChI=1S/C16H23NO4/c1-6-7-20-14(18)12-9-11(10(2)8-13(12)17)15(19)21-16(3,4)5/h8-9H,6-7,17H2,1-5H3. The predicted octanol–water partition coefficient (Wildman–Crippen LogP) is 3.10. The maximum absolute atomic E-state index is 12.2. The molecule has 116 valence electrons. The fourth-order valence-corrected chi connectivity index (χ4v) is 1.73. The summed E-state index contributed by atoms with van der Waals surface area (Å²) in [6.45, 7) is 9.32. The number of aryl methyl sites for hydroxylation is 1. The summed E-state index contributed by atoms with van der Waals surface area (Å²) >= 11 is 0. The van der Waals surface area contributed by atoms with Gasteiger partial charge in [-0.15, -0.1) is 0 Å².